The van der Waals surface area contributed by atoms with Gasteiger partial charge in [0.2, 0.25) is 0 Å². The van der Waals surface area contributed by atoms with Gasteiger partial charge in [-0.15, -0.1) is 0 Å². The first-order valence-corrected chi connectivity index (χ1v) is 6.58. The van der Waals surface area contributed by atoms with E-state index in [1.165, 1.54) is 57.8 Å². The summed E-state index contributed by atoms with van der Waals surface area (Å²) in [4.78, 5) is 0. The minimum absolute atomic E-state index is 0.880. The van der Waals surface area contributed by atoms with Crippen LogP contribution in [0.25, 0.3) is 0 Å². The molecule has 0 heterocycles. The summed E-state index contributed by atoms with van der Waals surface area (Å²) < 4.78 is 0. The van der Waals surface area contributed by atoms with Gasteiger partial charge >= 0.3 is 0 Å². The van der Waals surface area contributed by atoms with Crippen LogP contribution in [0.4, 0.5) is 0 Å². The van der Waals surface area contributed by atoms with E-state index in [2.05, 4.69) is 6.92 Å². The van der Waals surface area contributed by atoms with Gasteiger partial charge in [-0.25, -0.2) is 0 Å². The van der Waals surface area contributed by atoms with Crippen molar-refractivity contribution in [1.82, 2.24) is 0 Å². The van der Waals surface area contributed by atoms with Crippen molar-refractivity contribution in [1.29, 1.82) is 0 Å². The Morgan fingerprint density at radius 3 is 2.14 bits per heavy atom. The summed E-state index contributed by atoms with van der Waals surface area (Å²) in [7, 11) is 0. The SMILES string of the molecule is CCCCCCCCC1CCC1CN. The van der Waals surface area contributed by atoms with Gasteiger partial charge in [0, 0.05) is 0 Å². The molecule has 1 nitrogen and oxygen atoms in total. The Morgan fingerprint density at radius 1 is 0.929 bits per heavy atom. The molecule has 0 radical (unpaired) electrons. The molecule has 0 bridgehead atoms. The molecule has 1 fully saturated rings. The summed E-state index contributed by atoms with van der Waals surface area (Å²) >= 11 is 0. The molecular weight excluding hydrogens is 170 g/mol. The molecule has 2 unspecified atom stereocenters. The van der Waals surface area contributed by atoms with Crippen LogP contribution in [0.3, 0.4) is 0 Å². The molecule has 1 heteroatoms. The Labute approximate surface area is 89.5 Å². The summed E-state index contributed by atoms with van der Waals surface area (Å²) in [5.41, 5.74) is 5.69. The zero-order chi connectivity index (χ0) is 10.2. The van der Waals surface area contributed by atoms with E-state index in [0.29, 0.717) is 0 Å². The molecule has 0 aromatic rings. The van der Waals surface area contributed by atoms with Gasteiger partial charge in [0.1, 0.15) is 0 Å². The average molecular weight is 197 g/mol. The van der Waals surface area contributed by atoms with Crippen molar-refractivity contribution in [2.75, 3.05) is 6.54 Å². The van der Waals surface area contributed by atoms with Gasteiger partial charge in [-0.2, -0.15) is 0 Å². The first-order valence-electron chi connectivity index (χ1n) is 6.58. The fraction of sp³-hybridized carbons (Fsp3) is 1.00. The molecule has 1 aliphatic carbocycles. The van der Waals surface area contributed by atoms with E-state index in [1.54, 1.807) is 0 Å². The van der Waals surface area contributed by atoms with Crippen molar-refractivity contribution < 1.29 is 0 Å². The van der Waals surface area contributed by atoms with Gasteiger partial charge < -0.3 is 5.73 Å². The predicted molar refractivity (Wildman–Crippen MR) is 63.3 cm³/mol. The van der Waals surface area contributed by atoms with Crippen molar-refractivity contribution in [2.24, 2.45) is 17.6 Å². The molecule has 2 N–H and O–H groups in total. The molecule has 84 valence electrons. The Kier molecular flexibility index (Phi) is 6.25. The van der Waals surface area contributed by atoms with Crippen molar-refractivity contribution >= 4 is 0 Å². The Hall–Kier alpha value is -0.0400. The van der Waals surface area contributed by atoms with Crippen LogP contribution in [0.15, 0.2) is 0 Å². The number of hydrogen-bond acceptors (Lipinski definition) is 1. The second-order valence-electron chi connectivity index (χ2n) is 4.89. The molecule has 1 aliphatic rings. The summed E-state index contributed by atoms with van der Waals surface area (Å²) in [5.74, 6) is 1.87. The van der Waals surface area contributed by atoms with Crippen LogP contribution in [-0.2, 0) is 0 Å². The van der Waals surface area contributed by atoms with Crippen LogP contribution >= 0.6 is 0 Å². The number of rotatable bonds is 8. The van der Waals surface area contributed by atoms with Crippen molar-refractivity contribution in [3.63, 3.8) is 0 Å². The van der Waals surface area contributed by atoms with Gasteiger partial charge in [-0.1, -0.05) is 51.9 Å². The maximum absolute atomic E-state index is 5.69. The van der Waals surface area contributed by atoms with E-state index < -0.39 is 0 Å². The summed E-state index contributed by atoms with van der Waals surface area (Å²) in [6, 6.07) is 0. The third kappa shape index (κ3) is 4.00. The molecule has 0 saturated heterocycles. The lowest BCUT2D eigenvalue weighted by Crippen LogP contribution is -2.32. The lowest BCUT2D eigenvalue weighted by Gasteiger charge is -2.35. The second kappa shape index (κ2) is 7.28. The van der Waals surface area contributed by atoms with Crippen molar-refractivity contribution in [2.45, 2.75) is 64.7 Å². The van der Waals surface area contributed by atoms with Crippen LogP contribution < -0.4 is 5.73 Å². The zero-order valence-electron chi connectivity index (χ0n) is 9.80. The normalized spacial score (nSPS) is 26.1. The lowest BCUT2D eigenvalue weighted by molar-refractivity contribution is 0.167. The highest BCUT2D eigenvalue weighted by Crippen LogP contribution is 2.37. The minimum Gasteiger partial charge on any atom is -0.330 e. The van der Waals surface area contributed by atoms with Crippen LogP contribution in [0.1, 0.15) is 64.7 Å². The molecule has 0 aliphatic heterocycles. The molecule has 0 spiro atoms. The largest absolute Gasteiger partial charge is 0.330 e. The Morgan fingerprint density at radius 2 is 1.57 bits per heavy atom. The fourth-order valence-electron chi connectivity index (χ4n) is 2.52. The number of nitrogens with two attached hydrogens (primary N) is 1. The highest BCUT2D eigenvalue weighted by atomic mass is 14.6. The van der Waals surface area contributed by atoms with Crippen LogP contribution in [-0.4, -0.2) is 6.54 Å². The van der Waals surface area contributed by atoms with Gasteiger partial charge in [-0.05, 0) is 31.2 Å². The van der Waals surface area contributed by atoms with E-state index in [1.807, 2.05) is 0 Å². The molecule has 1 saturated carbocycles. The molecule has 2 atom stereocenters. The fourth-order valence-corrected chi connectivity index (χ4v) is 2.52. The zero-order valence-corrected chi connectivity index (χ0v) is 9.80. The van der Waals surface area contributed by atoms with Gasteiger partial charge in [-0.3, -0.25) is 0 Å². The topological polar surface area (TPSA) is 26.0 Å². The number of hydrogen-bond donors (Lipinski definition) is 1. The third-order valence-corrected chi connectivity index (χ3v) is 3.81. The van der Waals surface area contributed by atoms with Crippen molar-refractivity contribution in [3.8, 4) is 0 Å². The van der Waals surface area contributed by atoms with Gasteiger partial charge in [0.05, 0.1) is 0 Å². The van der Waals surface area contributed by atoms with Crippen molar-refractivity contribution in [3.05, 3.63) is 0 Å². The standard InChI is InChI=1S/C13H27N/c1-2-3-4-5-6-7-8-12-9-10-13(12)11-14/h12-13H,2-11,14H2,1H3. The summed E-state index contributed by atoms with van der Waals surface area (Å²) in [6.07, 6.45) is 12.9. The predicted octanol–water partition coefficient (Wildman–Crippen LogP) is 3.72. The Balaban J connectivity index is 1.84. The lowest BCUT2D eigenvalue weighted by atomic mass is 9.71. The Bertz CT molecular complexity index is 131. The van der Waals surface area contributed by atoms with Gasteiger partial charge in [0.25, 0.3) is 0 Å². The molecule has 0 aromatic heterocycles. The minimum atomic E-state index is 0.880. The molecule has 0 amide bonds. The smallest absolute Gasteiger partial charge is 0.00462 e. The third-order valence-electron chi connectivity index (χ3n) is 3.81. The molecular formula is C13H27N. The molecule has 1 rings (SSSR count). The van der Waals surface area contributed by atoms with E-state index in [9.17, 15) is 0 Å². The highest BCUT2D eigenvalue weighted by molar-refractivity contribution is 4.80. The highest BCUT2D eigenvalue weighted by Gasteiger charge is 2.28. The number of unbranched alkanes of at least 4 members (excludes halogenated alkanes) is 5. The maximum atomic E-state index is 5.69. The second-order valence-corrected chi connectivity index (χ2v) is 4.89. The maximum Gasteiger partial charge on any atom is -0.00462 e. The summed E-state index contributed by atoms with van der Waals surface area (Å²) in [6.45, 7) is 3.21. The first kappa shape index (κ1) is 12.0. The first-order chi connectivity index (χ1) is 6.88. The average Bonchev–Trinajstić information content (AvgIpc) is 2.15. The van der Waals surface area contributed by atoms with Crippen LogP contribution in [0, 0.1) is 11.8 Å². The molecule has 14 heavy (non-hydrogen) atoms. The van der Waals surface area contributed by atoms with E-state index in [4.69, 9.17) is 5.73 Å². The van der Waals surface area contributed by atoms with Crippen LogP contribution in [0.2, 0.25) is 0 Å². The van der Waals surface area contributed by atoms with E-state index in [0.717, 1.165) is 18.4 Å². The summed E-state index contributed by atoms with van der Waals surface area (Å²) in [5, 5.41) is 0. The van der Waals surface area contributed by atoms with E-state index in [-0.39, 0.29) is 0 Å². The monoisotopic (exact) mass is 197 g/mol. The quantitative estimate of drug-likeness (QED) is 0.590. The van der Waals surface area contributed by atoms with E-state index >= 15 is 0 Å². The van der Waals surface area contributed by atoms with Crippen LogP contribution in [0.5, 0.6) is 0 Å². The molecule has 0 aromatic carbocycles. The van der Waals surface area contributed by atoms with Gasteiger partial charge in [0.15, 0.2) is 0 Å².